The normalized spacial score (nSPS) is 10.9. The summed E-state index contributed by atoms with van der Waals surface area (Å²) < 4.78 is 12.3. The minimum atomic E-state index is -0.331. The van der Waals surface area contributed by atoms with Crippen LogP contribution in [0, 0.1) is 6.92 Å². The fourth-order valence-corrected chi connectivity index (χ4v) is 2.35. The SMILES string of the molecule is Cc1ccc(CNC(=O)CNC(=O)c2cc3occc3n2C)o1. The summed E-state index contributed by atoms with van der Waals surface area (Å²) in [4.78, 5) is 23.9. The highest BCUT2D eigenvalue weighted by atomic mass is 16.3. The summed E-state index contributed by atoms with van der Waals surface area (Å²) in [5, 5.41) is 5.27. The third-order valence-corrected chi connectivity index (χ3v) is 3.56. The second-order valence-electron chi connectivity index (χ2n) is 5.23. The molecule has 2 amide bonds. The molecule has 120 valence electrons. The van der Waals surface area contributed by atoms with Crippen molar-refractivity contribution in [3.63, 3.8) is 0 Å². The predicted molar refractivity (Wildman–Crippen MR) is 82.8 cm³/mol. The zero-order valence-corrected chi connectivity index (χ0v) is 12.9. The number of rotatable bonds is 5. The Hall–Kier alpha value is -2.96. The number of aryl methyl sites for hydroxylation is 2. The lowest BCUT2D eigenvalue weighted by atomic mass is 10.4. The van der Waals surface area contributed by atoms with Crippen LogP contribution in [0.5, 0.6) is 0 Å². The third kappa shape index (κ3) is 3.13. The van der Waals surface area contributed by atoms with Gasteiger partial charge >= 0.3 is 0 Å². The van der Waals surface area contributed by atoms with Crippen molar-refractivity contribution >= 4 is 22.9 Å². The molecule has 0 spiro atoms. The maximum Gasteiger partial charge on any atom is 0.268 e. The van der Waals surface area contributed by atoms with Crippen LogP contribution in [0.2, 0.25) is 0 Å². The summed E-state index contributed by atoms with van der Waals surface area (Å²) in [6, 6.07) is 7.06. The molecule has 0 aliphatic rings. The number of carbonyl (C=O) groups is 2. The van der Waals surface area contributed by atoms with Crippen molar-refractivity contribution in [1.29, 1.82) is 0 Å². The number of nitrogens with one attached hydrogen (secondary N) is 2. The lowest BCUT2D eigenvalue weighted by Gasteiger charge is -2.07. The number of carbonyl (C=O) groups excluding carboxylic acids is 2. The van der Waals surface area contributed by atoms with E-state index in [4.69, 9.17) is 8.83 Å². The van der Waals surface area contributed by atoms with E-state index in [0.717, 1.165) is 11.3 Å². The zero-order valence-electron chi connectivity index (χ0n) is 12.9. The fourth-order valence-electron chi connectivity index (χ4n) is 2.35. The van der Waals surface area contributed by atoms with Crippen LogP contribution < -0.4 is 10.6 Å². The first kappa shape index (κ1) is 15.0. The molecule has 0 saturated carbocycles. The zero-order chi connectivity index (χ0) is 16.4. The first-order chi connectivity index (χ1) is 11.0. The molecule has 0 aromatic carbocycles. The van der Waals surface area contributed by atoms with E-state index in [0.29, 0.717) is 23.6 Å². The van der Waals surface area contributed by atoms with Gasteiger partial charge in [0.05, 0.1) is 24.9 Å². The van der Waals surface area contributed by atoms with Crippen LogP contribution in [-0.2, 0) is 18.4 Å². The molecule has 0 radical (unpaired) electrons. The molecule has 7 heteroatoms. The Morgan fingerprint density at radius 3 is 2.74 bits per heavy atom. The van der Waals surface area contributed by atoms with Crippen molar-refractivity contribution in [2.75, 3.05) is 6.54 Å². The highest BCUT2D eigenvalue weighted by Gasteiger charge is 2.15. The van der Waals surface area contributed by atoms with Gasteiger partial charge in [0.1, 0.15) is 17.2 Å². The minimum absolute atomic E-state index is 0.106. The van der Waals surface area contributed by atoms with Crippen LogP contribution in [0.25, 0.3) is 11.1 Å². The quantitative estimate of drug-likeness (QED) is 0.750. The predicted octanol–water partition coefficient (Wildman–Crippen LogP) is 1.72. The van der Waals surface area contributed by atoms with E-state index in [9.17, 15) is 9.59 Å². The average Bonchev–Trinajstić information content (AvgIpc) is 3.21. The molecule has 7 nitrogen and oxygen atoms in total. The fraction of sp³-hybridized carbons (Fsp3) is 0.250. The Bertz CT molecular complexity index is 856. The van der Waals surface area contributed by atoms with E-state index in [1.807, 2.05) is 13.0 Å². The van der Waals surface area contributed by atoms with Gasteiger partial charge in [-0.3, -0.25) is 9.59 Å². The molecule has 3 rings (SSSR count). The molecule has 0 unspecified atom stereocenters. The Labute approximate surface area is 132 Å². The maximum atomic E-state index is 12.1. The van der Waals surface area contributed by atoms with E-state index >= 15 is 0 Å². The molecule has 0 bridgehead atoms. The molecule has 3 heterocycles. The Kier molecular flexibility index (Phi) is 3.92. The van der Waals surface area contributed by atoms with Crippen LogP contribution in [0.1, 0.15) is 22.0 Å². The highest BCUT2D eigenvalue weighted by Crippen LogP contribution is 2.19. The van der Waals surface area contributed by atoms with Crippen LogP contribution in [0.4, 0.5) is 0 Å². The van der Waals surface area contributed by atoms with Gasteiger partial charge in [0.25, 0.3) is 5.91 Å². The number of aromatic nitrogens is 1. The Morgan fingerprint density at radius 2 is 2.04 bits per heavy atom. The summed E-state index contributed by atoms with van der Waals surface area (Å²) in [5.74, 6) is 0.841. The highest BCUT2D eigenvalue weighted by molar-refractivity contribution is 5.99. The maximum absolute atomic E-state index is 12.1. The Morgan fingerprint density at radius 1 is 1.22 bits per heavy atom. The lowest BCUT2D eigenvalue weighted by molar-refractivity contribution is -0.120. The number of furan rings is 2. The largest absolute Gasteiger partial charge is 0.465 e. The molecular formula is C16H17N3O4. The second kappa shape index (κ2) is 6.04. The van der Waals surface area contributed by atoms with Gasteiger partial charge in [0.15, 0.2) is 5.58 Å². The summed E-state index contributed by atoms with van der Waals surface area (Å²) in [5.41, 5.74) is 1.90. The van der Waals surface area contributed by atoms with Crippen molar-refractivity contribution in [1.82, 2.24) is 15.2 Å². The van der Waals surface area contributed by atoms with E-state index in [1.54, 1.807) is 36.1 Å². The molecule has 3 aromatic rings. The number of hydrogen-bond donors (Lipinski definition) is 2. The third-order valence-electron chi connectivity index (χ3n) is 3.56. The molecule has 0 aliphatic heterocycles. The summed E-state index contributed by atoms with van der Waals surface area (Å²) >= 11 is 0. The number of fused-ring (bicyclic) bond motifs is 1. The molecule has 0 atom stereocenters. The van der Waals surface area contributed by atoms with Crippen LogP contribution in [0.15, 0.2) is 39.4 Å². The van der Waals surface area contributed by atoms with Crippen molar-refractivity contribution in [3.8, 4) is 0 Å². The van der Waals surface area contributed by atoms with Gasteiger partial charge in [0, 0.05) is 19.2 Å². The molecule has 0 saturated heterocycles. The van der Waals surface area contributed by atoms with Gasteiger partial charge in [-0.15, -0.1) is 0 Å². The molecule has 23 heavy (non-hydrogen) atoms. The molecular weight excluding hydrogens is 298 g/mol. The molecule has 0 aliphatic carbocycles. The summed E-state index contributed by atoms with van der Waals surface area (Å²) in [6.45, 7) is 2.02. The first-order valence-corrected chi connectivity index (χ1v) is 7.18. The number of hydrogen-bond acceptors (Lipinski definition) is 4. The molecule has 3 aromatic heterocycles. The van der Waals surface area contributed by atoms with Gasteiger partial charge in [-0.05, 0) is 19.1 Å². The first-order valence-electron chi connectivity index (χ1n) is 7.18. The topological polar surface area (TPSA) is 89.4 Å². The number of amides is 2. The smallest absolute Gasteiger partial charge is 0.268 e. The van der Waals surface area contributed by atoms with Gasteiger partial charge in [-0.2, -0.15) is 0 Å². The van der Waals surface area contributed by atoms with E-state index in [1.165, 1.54) is 0 Å². The van der Waals surface area contributed by atoms with Crippen molar-refractivity contribution in [2.45, 2.75) is 13.5 Å². The Balaban J connectivity index is 1.53. The van der Waals surface area contributed by atoms with E-state index in [2.05, 4.69) is 10.6 Å². The van der Waals surface area contributed by atoms with Crippen molar-refractivity contribution < 1.29 is 18.4 Å². The average molecular weight is 315 g/mol. The second-order valence-corrected chi connectivity index (χ2v) is 5.23. The molecule has 2 N–H and O–H groups in total. The van der Waals surface area contributed by atoms with E-state index < -0.39 is 0 Å². The van der Waals surface area contributed by atoms with Gasteiger partial charge in [-0.25, -0.2) is 0 Å². The minimum Gasteiger partial charge on any atom is -0.465 e. The van der Waals surface area contributed by atoms with Crippen molar-refractivity contribution in [2.24, 2.45) is 7.05 Å². The monoisotopic (exact) mass is 315 g/mol. The van der Waals surface area contributed by atoms with Crippen LogP contribution >= 0.6 is 0 Å². The van der Waals surface area contributed by atoms with Gasteiger partial charge in [0.2, 0.25) is 5.91 Å². The van der Waals surface area contributed by atoms with Crippen LogP contribution in [0.3, 0.4) is 0 Å². The summed E-state index contributed by atoms with van der Waals surface area (Å²) in [6.07, 6.45) is 1.57. The van der Waals surface area contributed by atoms with Gasteiger partial charge in [-0.1, -0.05) is 0 Å². The van der Waals surface area contributed by atoms with Crippen molar-refractivity contribution in [3.05, 3.63) is 47.7 Å². The number of nitrogens with zero attached hydrogens (tertiary/aromatic N) is 1. The van der Waals surface area contributed by atoms with Crippen LogP contribution in [-0.4, -0.2) is 22.9 Å². The standard InChI is InChI=1S/C16H17N3O4/c1-10-3-4-11(23-10)8-17-15(20)9-18-16(21)13-7-14-12(19(13)2)5-6-22-14/h3-7H,8-9H2,1-2H3,(H,17,20)(H,18,21). The molecule has 0 fully saturated rings. The van der Waals surface area contributed by atoms with Gasteiger partial charge < -0.3 is 24.0 Å². The summed E-state index contributed by atoms with van der Waals surface area (Å²) in [7, 11) is 1.77. The lowest BCUT2D eigenvalue weighted by Crippen LogP contribution is -2.37. The van der Waals surface area contributed by atoms with E-state index in [-0.39, 0.29) is 18.4 Å².